The number of carbonyl (C=O) groups is 1. The van der Waals surface area contributed by atoms with Gasteiger partial charge in [-0.15, -0.1) is 0 Å². The lowest BCUT2D eigenvalue weighted by Gasteiger charge is -2.19. The van der Waals surface area contributed by atoms with E-state index in [-0.39, 0.29) is 12.2 Å². The topological polar surface area (TPSA) is 64.4 Å². The predicted octanol–water partition coefficient (Wildman–Crippen LogP) is 3.48. The summed E-state index contributed by atoms with van der Waals surface area (Å²) < 4.78 is 6.91. The van der Waals surface area contributed by atoms with Crippen LogP contribution < -0.4 is 10.2 Å². The fourth-order valence-electron chi connectivity index (χ4n) is 2.90. The molecule has 0 unspecified atom stereocenters. The van der Waals surface area contributed by atoms with Gasteiger partial charge in [0.1, 0.15) is 5.75 Å². The molecule has 0 N–H and O–H groups in total. The van der Waals surface area contributed by atoms with Crippen LogP contribution in [0.1, 0.15) is 21.7 Å². The number of carbonyl (C=O) groups excluding carboxylic acids is 1. The number of para-hydroxylation sites is 1. The summed E-state index contributed by atoms with van der Waals surface area (Å²) in [7, 11) is 3.16. The van der Waals surface area contributed by atoms with E-state index in [4.69, 9.17) is 16.3 Å². The fraction of sp³-hybridized carbons (Fsp3) is 0.190. The van der Waals surface area contributed by atoms with E-state index in [0.717, 1.165) is 11.3 Å². The Hall–Kier alpha value is -3.12. The largest absolute Gasteiger partial charge is 0.496 e. The molecule has 144 valence electrons. The van der Waals surface area contributed by atoms with E-state index in [1.807, 2.05) is 30.3 Å². The first kappa shape index (κ1) is 19.6. The van der Waals surface area contributed by atoms with E-state index in [1.54, 1.807) is 44.0 Å². The first-order valence-electron chi connectivity index (χ1n) is 8.65. The number of nitrogens with zero attached hydrogens (tertiary/aromatic N) is 3. The molecule has 0 atom stereocenters. The zero-order valence-electron chi connectivity index (χ0n) is 15.8. The molecule has 28 heavy (non-hydrogen) atoms. The molecule has 2 aromatic carbocycles. The van der Waals surface area contributed by atoms with Gasteiger partial charge >= 0.3 is 0 Å². The highest BCUT2D eigenvalue weighted by Gasteiger charge is 2.20. The van der Waals surface area contributed by atoms with Gasteiger partial charge in [0, 0.05) is 35.9 Å². The summed E-state index contributed by atoms with van der Waals surface area (Å²) in [5.74, 6) is 0.138. The number of ether oxygens (including phenoxy) is 1. The molecule has 0 aliphatic heterocycles. The maximum Gasteiger partial charge on any atom is 0.278 e. The number of aryl methyl sites for hydroxylation is 1. The van der Waals surface area contributed by atoms with Gasteiger partial charge in [0.25, 0.3) is 5.91 Å². The highest BCUT2D eigenvalue weighted by atomic mass is 35.5. The van der Waals surface area contributed by atoms with Gasteiger partial charge in [0.05, 0.1) is 12.8 Å². The Labute approximate surface area is 167 Å². The van der Waals surface area contributed by atoms with E-state index in [1.165, 1.54) is 11.0 Å². The average Bonchev–Trinajstić information content (AvgIpc) is 2.68. The number of hydrogen-bond donors (Lipinski definition) is 0. The summed E-state index contributed by atoms with van der Waals surface area (Å²) in [5.41, 5.74) is 1.60. The van der Waals surface area contributed by atoms with Crippen molar-refractivity contribution in [3.63, 3.8) is 0 Å². The second-order valence-electron chi connectivity index (χ2n) is 6.36. The molecule has 0 saturated carbocycles. The third-order valence-electron chi connectivity index (χ3n) is 4.31. The average molecular weight is 398 g/mol. The summed E-state index contributed by atoms with van der Waals surface area (Å²) in [6, 6.07) is 15.9. The van der Waals surface area contributed by atoms with Crippen molar-refractivity contribution in [2.45, 2.75) is 13.5 Å². The number of aromatic nitrogens is 2. The molecular weight excluding hydrogens is 378 g/mol. The van der Waals surface area contributed by atoms with Gasteiger partial charge in [-0.1, -0.05) is 29.8 Å². The molecular formula is C21H20ClN3O3. The quantitative estimate of drug-likeness (QED) is 0.661. The van der Waals surface area contributed by atoms with Crippen LogP contribution in [0.3, 0.4) is 0 Å². The van der Waals surface area contributed by atoms with Crippen LogP contribution in [0.25, 0.3) is 5.69 Å². The molecule has 0 aliphatic carbocycles. The van der Waals surface area contributed by atoms with Gasteiger partial charge in [0.2, 0.25) is 5.43 Å². The summed E-state index contributed by atoms with van der Waals surface area (Å²) in [6.07, 6.45) is 0. The lowest BCUT2D eigenvalue weighted by molar-refractivity contribution is 0.0775. The van der Waals surface area contributed by atoms with Gasteiger partial charge in [-0.05, 0) is 37.3 Å². The number of benzene rings is 2. The zero-order valence-corrected chi connectivity index (χ0v) is 16.6. The fourth-order valence-corrected chi connectivity index (χ4v) is 3.10. The van der Waals surface area contributed by atoms with Gasteiger partial charge in [-0.2, -0.15) is 5.10 Å². The smallest absolute Gasteiger partial charge is 0.278 e. The van der Waals surface area contributed by atoms with Crippen molar-refractivity contribution in [3.05, 3.63) is 86.8 Å². The Balaban J connectivity index is 1.94. The van der Waals surface area contributed by atoms with E-state index in [2.05, 4.69) is 5.10 Å². The van der Waals surface area contributed by atoms with Crippen molar-refractivity contribution < 1.29 is 9.53 Å². The predicted molar refractivity (Wildman–Crippen MR) is 108 cm³/mol. The van der Waals surface area contributed by atoms with Crippen molar-refractivity contribution in [2.75, 3.05) is 14.2 Å². The maximum atomic E-state index is 12.9. The standard InChI is InChI=1S/C21H20ClN3O3/c1-14-11-18(26)20(23-25(14)17-7-5-4-6-8-17)21(27)24(2)13-15-12-16(22)9-10-19(15)28-3/h4-12H,13H2,1-3H3. The molecule has 1 amide bonds. The van der Waals surface area contributed by atoms with Gasteiger partial charge < -0.3 is 9.64 Å². The van der Waals surface area contributed by atoms with Crippen LogP contribution in [0, 0.1) is 6.92 Å². The molecule has 0 fully saturated rings. The molecule has 0 radical (unpaired) electrons. The summed E-state index contributed by atoms with van der Waals surface area (Å²) in [6.45, 7) is 2.00. The minimum Gasteiger partial charge on any atom is -0.496 e. The van der Waals surface area contributed by atoms with E-state index >= 15 is 0 Å². The summed E-state index contributed by atoms with van der Waals surface area (Å²) in [4.78, 5) is 26.8. The van der Waals surface area contributed by atoms with Crippen molar-refractivity contribution in [1.29, 1.82) is 0 Å². The number of rotatable bonds is 5. The van der Waals surface area contributed by atoms with E-state index in [0.29, 0.717) is 16.5 Å². The van der Waals surface area contributed by atoms with Crippen LogP contribution in [0.2, 0.25) is 5.02 Å². The Morgan fingerprint density at radius 2 is 1.89 bits per heavy atom. The molecule has 7 heteroatoms. The van der Waals surface area contributed by atoms with Crippen molar-refractivity contribution in [3.8, 4) is 11.4 Å². The highest BCUT2D eigenvalue weighted by Crippen LogP contribution is 2.24. The lowest BCUT2D eigenvalue weighted by Crippen LogP contribution is -2.33. The molecule has 3 rings (SSSR count). The van der Waals surface area contributed by atoms with Crippen molar-refractivity contribution in [2.24, 2.45) is 0 Å². The molecule has 0 bridgehead atoms. The third-order valence-corrected chi connectivity index (χ3v) is 4.54. The van der Waals surface area contributed by atoms with E-state index in [9.17, 15) is 9.59 Å². The Bertz CT molecular complexity index is 1060. The number of hydrogen-bond acceptors (Lipinski definition) is 4. The maximum absolute atomic E-state index is 12.9. The van der Waals surface area contributed by atoms with E-state index < -0.39 is 11.3 Å². The number of methoxy groups -OCH3 is 1. The highest BCUT2D eigenvalue weighted by molar-refractivity contribution is 6.30. The molecule has 1 heterocycles. The minimum absolute atomic E-state index is 0.141. The first-order valence-corrected chi connectivity index (χ1v) is 9.03. The van der Waals surface area contributed by atoms with Crippen molar-refractivity contribution >= 4 is 17.5 Å². The van der Waals surface area contributed by atoms with Crippen LogP contribution in [0.5, 0.6) is 5.75 Å². The van der Waals surface area contributed by atoms with Crippen LogP contribution in [0.4, 0.5) is 0 Å². The lowest BCUT2D eigenvalue weighted by atomic mass is 10.2. The Morgan fingerprint density at radius 3 is 2.57 bits per heavy atom. The Kier molecular flexibility index (Phi) is 5.80. The van der Waals surface area contributed by atoms with Crippen LogP contribution >= 0.6 is 11.6 Å². The second kappa shape index (κ2) is 8.27. The molecule has 0 aliphatic rings. The third kappa shape index (κ3) is 4.07. The molecule has 0 saturated heterocycles. The summed E-state index contributed by atoms with van der Waals surface area (Å²) >= 11 is 6.06. The minimum atomic E-state index is -0.475. The Morgan fingerprint density at radius 1 is 1.18 bits per heavy atom. The van der Waals surface area contributed by atoms with Crippen LogP contribution in [0.15, 0.2) is 59.4 Å². The normalized spacial score (nSPS) is 10.6. The van der Waals surface area contributed by atoms with Crippen molar-refractivity contribution in [1.82, 2.24) is 14.7 Å². The number of halogens is 1. The first-order chi connectivity index (χ1) is 13.4. The number of amides is 1. The molecule has 6 nitrogen and oxygen atoms in total. The molecule has 3 aromatic rings. The summed E-state index contributed by atoms with van der Waals surface area (Å²) in [5, 5.41) is 4.86. The monoisotopic (exact) mass is 397 g/mol. The van der Waals surface area contributed by atoms with Gasteiger partial charge in [-0.25, -0.2) is 4.68 Å². The van der Waals surface area contributed by atoms with Crippen LogP contribution in [-0.2, 0) is 6.54 Å². The molecule has 0 spiro atoms. The van der Waals surface area contributed by atoms with Gasteiger partial charge in [-0.3, -0.25) is 9.59 Å². The SMILES string of the molecule is COc1ccc(Cl)cc1CN(C)C(=O)c1nn(-c2ccccc2)c(C)cc1=O. The van der Waals surface area contributed by atoms with Gasteiger partial charge in [0.15, 0.2) is 5.69 Å². The van der Waals surface area contributed by atoms with Crippen LogP contribution in [-0.4, -0.2) is 34.7 Å². The zero-order chi connectivity index (χ0) is 20.3. The second-order valence-corrected chi connectivity index (χ2v) is 6.80. The molecule has 1 aromatic heterocycles.